The highest BCUT2D eigenvalue weighted by Gasteiger charge is 2.23. The van der Waals surface area contributed by atoms with Gasteiger partial charge < -0.3 is 4.90 Å². The Bertz CT molecular complexity index is 766. The third-order valence-electron chi connectivity index (χ3n) is 4.65. The van der Waals surface area contributed by atoms with Crippen molar-refractivity contribution < 1.29 is 9.59 Å². The van der Waals surface area contributed by atoms with Gasteiger partial charge in [-0.05, 0) is 37.6 Å². The predicted octanol–water partition coefficient (Wildman–Crippen LogP) is 2.34. The molecule has 1 aromatic carbocycles. The standard InChI is InChI=1S/C20H23N3O2/c1-15-3-4-16(2)18(13-15)19(24)14-22-9-11-23(12-10-22)20(25)17-5-7-21-8-6-17/h3-8,13H,9-12,14H2,1-2H3. The molecule has 1 aromatic heterocycles. The van der Waals surface area contributed by atoms with Gasteiger partial charge in [0.2, 0.25) is 0 Å². The number of pyridine rings is 1. The molecule has 0 unspecified atom stereocenters. The van der Waals surface area contributed by atoms with E-state index in [1.165, 1.54) is 0 Å². The summed E-state index contributed by atoms with van der Waals surface area (Å²) in [6.07, 6.45) is 3.26. The fourth-order valence-corrected chi connectivity index (χ4v) is 3.11. The van der Waals surface area contributed by atoms with Crippen LogP contribution < -0.4 is 0 Å². The Labute approximate surface area is 148 Å². The first-order valence-corrected chi connectivity index (χ1v) is 8.56. The van der Waals surface area contributed by atoms with Gasteiger partial charge in [0.05, 0.1) is 6.54 Å². The van der Waals surface area contributed by atoms with Crippen LogP contribution in [0.1, 0.15) is 31.8 Å². The Morgan fingerprint density at radius 1 is 1.00 bits per heavy atom. The Hall–Kier alpha value is -2.53. The van der Waals surface area contributed by atoms with Crippen molar-refractivity contribution in [1.29, 1.82) is 0 Å². The maximum Gasteiger partial charge on any atom is 0.254 e. The van der Waals surface area contributed by atoms with Crippen molar-refractivity contribution in [3.05, 3.63) is 65.0 Å². The zero-order valence-corrected chi connectivity index (χ0v) is 14.7. The van der Waals surface area contributed by atoms with E-state index in [0.29, 0.717) is 38.3 Å². The summed E-state index contributed by atoms with van der Waals surface area (Å²) in [5, 5.41) is 0. The molecule has 0 bridgehead atoms. The van der Waals surface area contributed by atoms with Gasteiger partial charge in [-0.3, -0.25) is 19.5 Å². The number of hydrogen-bond acceptors (Lipinski definition) is 4. The van der Waals surface area contributed by atoms with Crippen LogP contribution in [0.4, 0.5) is 0 Å². The second-order valence-electron chi connectivity index (χ2n) is 6.55. The number of hydrogen-bond donors (Lipinski definition) is 0. The molecular weight excluding hydrogens is 314 g/mol. The molecule has 0 spiro atoms. The summed E-state index contributed by atoms with van der Waals surface area (Å²) in [6.45, 7) is 7.09. The van der Waals surface area contributed by atoms with Gasteiger partial charge in [0, 0.05) is 49.7 Å². The molecule has 0 atom stereocenters. The minimum atomic E-state index is 0.0305. The molecule has 1 fully saturated rings. The first-order valence-electron chi connectivity index (χ1n) is 8.56. The van der Waals surface area contributed by atoms with Gasteiger partial charge in [-0.15, -0.1) is 0 Å². The molecule has 0 aliphatic carbocycles. The second-order valence-corrected chi connectivity index (χ2v) is 6.55. The third kappa shape index (κ3) is 4.12. The molecule has 2 heterocycles. The Morgan fingerprint density at radius 2 is 1.68 bits per heavy atom. The van der Waals surface area contributed by atoms with Gasteiger partial charge >= 0.3 is 0 Å². The van der Waals surface area contributed by atoms with Crippen molar-refractivity contribution >= 4 is 11.7 Å². The number of nitrogens with zero attached hydrogens (tertiary/aromatic N) is 3. The zero-order valence-electron chi connectivity index (χ0n) is 14.7. The summed E-state index contributed by atoms with van der Waals surface area (Å²) in [4.78, 5) is 32.9. The highest BCUT2D eigenvalue weighted by Crippen LogP contribution is 2.13. The van der Waals surface area contributed by atoms with E-state index in [0.717, 1.165) is 16.7 Å². The second kappa shape index (κ2) is 7.57. The van der Waals surface area contributed by atoms with Crippen LogP contribution >= 0.6 is 0 Å². The number of aryl methyl sites for hydroxylation is 2. The molecular formula is C20H23N3O2. The highest BCUT2D eigenvalue weighted by atomic mass is 16.2. The number of rotatable bonds is 4. The molecule has 5 heteroatoms. The fraction of sp³-hybridized carbons (Fsp3) is 0.350. The van der Waals surface area contributed by atoms with Gasteiger partial charge in [-0.2, -0.15) is 0 Å². The van der Waals surface area contributed by atoms with Crippen LogP contribution in [0.3, 0.4) is 0 Å². The Kier molecular flexibility index (Phi) is 5.24. The average molecular weight is 337 g/mol. The smallest absolute Gasteiger partial charge is 0.254 e. The third-order valence-corrected chi connectivity index (χ3v) is 4.65. The summed E-state index contributed by atoms with van der Waals surface area (Å²) in [5.74, 6) is 0.179. The van der Waals surface area contributed by atoms with E-state index >= 15 is 0 Å². The van der Waals surface area contributed by atoms with E-state index in [9.17, 15) is 9.59 Å². The lowest BCUT2D eigenvalue weighted by atomic mass is 10.0. The van der Waals surface area contributed by atoms with Crippen LogP contribution in [-0.4, -0.2) is 59.2 Å². The summed E-state index contributed by atoms with van der Waals surface area (Å²) in [6, 6.07) is 9.45. The maximum absolute atomic E-state index is 12.6. The summed E-state index contributed by atoms with van der Waals surface area (Å²) in [5.41, 5.74) is 3.58. The number of benzene rings is 1. The quantitative estimate of drug-likeness (QED) is 0.804. The van der Waals surface area contributed by atoms with Gasteiger partial charge in [-0.1, -0.05) is 17.7 Å². The molecule has 0 radical (unpaired) electrons. The topological polar surface area (TPSA) is 53.5 Å². The number of carbonyl (C=O) groups is 2. The first-order chi connectivity index (χ1) is 12.0. The average Bonchev–Trinajstić information content (AvgIpc) is 2.64. The van der Waals surface area contributed by atoms with Crippen LogP contribution in [0.5, 0.6) is 0 Å². The van der Waals surface area contributed by atoms with Crippen molar-refractivity contribution in [3.63, 3.8) is 0 Å². The molecule has 0 saturated carbocycles. The predicted molar refractivity (Wildman–Crippen MR) is 96.8 cm³/mol. The van der Waals surface area contributed by atoms with Crippen LogP contribution in [0.15, 0.2) is 42.7 Å². The van der Waals surface area contributed by atoms with E-state index in [1.54, 1.807) is 24.5 Å². The minimum Gasteiger partial charge on any atom is -0.336 e. The molecule has 1 aliphatic heterocycles. The number of carbonyl (C=O) groups excluding carboxylic acids is 2. The summed E-state index contributed by atoms with van der Waals surface area (Å²) < 4.78 is 0. The van der Waals surface area contributed by atoms with Crippen molar-refractivity contribution in [3.8, 4) is 0 Å². The van der Waals surface area contributed by atoms with Crippen molar-refractivity contribution in [2.45, 2.75) is 13.8 Å². The Morgan fingerprint density at radius 3 is 2.36 bits per heavy atom. The number of ketones is 1. The van der Waals surface area contributed by atoms with Gasteiger partial charge in [0.15, 0.2) is 5.78 Å². The number of Topliss-reactive ketones (excluding diaryl/α,β-unsaturated/α-hetero) is 1. The fourth-order valence-electron chi connectivity index (χ4n) is 3.11. The van der Waals surface area contributed by atoms with Gasteiger partial charge in [0.25, 0.3) is 5.91 Å². The molecule has 0 N–H and O–H groups in total. The highest BCUT2D eigenvalue weighted by molar-refractivity contribution is 5.99. The largest absolute Gasteiger partial charge is 0.336 e. The molecule has 1 saturated heterocycles. The van der Waals surface area contributed by atoms with Crippen molar-refractivity contribution in [1.82, 2.24) is 14.8 Å². The van der Waals surface area contributed by atoms with Crippen LogP contribution in [0, 0.1) is 13.8 Å². The van der Waals surface area contributed by atoms with Gasteiger partial charge in [-0.25, -0.2) is 0 Å². The van der Waals surface area contributed by atoms with E-state index in [-0.39, 0.29) is 11.7 Å². The molecule has 1 amide bonds. The van der Waals surface area contributed by atoms with E-state index in [2.05, 4.69) is 9.88 Å². The first kappa shape index (κ1) is 17.3. The van der Waals surface area contributed by atoms with Crippen LogP contribution in [0.2, 0.25) is 0 Å². The number of amides is 1. The lowest BCUT2D eigenvalue weighted by Gasteiger charge is -2.34. The number of piperazine rings is 1. The zero-order chi connectivity index (χ0) is 17.8. The SMILES string of the molecule is Cc1ccc(C)c(C(=O)CN2CCN(C(=O)c3ccncc3)CC2)c1. The summed E-state index contributed by atoms with van der Waals surface area (Å²) in [7, 11) is 0. The van der Waals surface area contributed by atoms with Crippen molar-refractivity contribution in [2.24, 2.45) is 0 Å². The lowest BCUT2D eigenvalue weighted by Crippen LogP contribution is -2.49. The monoisotopic (exact) mass is 337 g/mol. The lowest BCUT2D eigenvalue weighted by molar-refractivity contribution is 0.0624. The molecule has 3 rings (SSSR count). The molecule has 5 nitrogen and oxygen atoms in total. The number of aromatic nitrogens is 1. The normalized spacial score (nSPS) is 15.2. The molecule has 1 aliphatic rings. The molecule has 25 heavy (non-hydrogen) atoms. The molecule has 130 valence electrons. The van der Waals surface area contributed by atoms with Crippen LogP contribution in [-0.2, 0) is 0 Å². The Balaban J connectivity index is 1.57. The minimum absolute atomic E-state index is 0.0305. The van der Waals surface area contributed by atoms with Gasteiger partial charge in [0.1, 0.15) is 0 Å². The van der Waals surface area contributed by atoms with E-state index in [4.69, 9.17) is 0 Å². The summed E-state index contributed by atoms with van der Waals surface area (Å²) >= 11 is 0. The van der Waals surface area contributed by atoms with Crippen molar-refractivity contribution in [2.75, 3.05) is 32.7 Å². The molecule has 2 aromatic rings. The van der Waals surface area contributed by atoms with E-state index in [1.807, 2.05) is 36.9 Å². The van der Waals surface area contributed by atoms with Crippen LogP contribution in [0.25, 0.3) is 0 Å². The maximum atomic E-state index is 12.6. The van der Waals surface area contributed by atoms with E-state index < -0.39 is 0 Å².